The van der Waals surface area contributed by atoms with E-state index in [4.69, 9.17) is 5.11 Å². The predicted octanol–water partition coefficient (Wildman–Crippen LogP) is 4.83. The van der Waals surface area contributed by atoms with Crippen LogP contribution in [-0.4, -0.2) is 10.2 Å². The Balaban J connectivity index is 0.000000204. The highest BCUT2D eigenvalue weighted by molar-refractivity contribution is 5.36. The first-order chi connectivity index (χ1) is 9.29. The van der Waals surface area contributed by atoms with E-state index in [1.54, 1.807) is 12.1 Å². The van der Waals surface area contributed by atoms with Crippen LogP contribution in [0.25, 0.3) is 0 Å². The summed E-state index contributed by atoms with van der Waals surface area (Å²) in [5, 5.41) is 18.3. The summed E-state index contributed by atoms with van der Waals surface area (Å²) in [6, 6.07) is 11.4. The number of benzene rings is 2. The third kappa shape index (κ3) is 4.96. The molecule has 0 bridgehead atoms. The number of rotatable bonds is 1. The van der Waals surface area contributed by atoms with E-state index in [0.717, 1.165) is 16.7 Å². The van der Waals surface area contributed by atoms with Gasteiger partial charge in [0.25, 0.3) is 0 Å². The summed E-state index contributed by atoms with van der Waals surface area (Å²) in [5.74, 6) is 1.24. The topological polar surface area (TPSA) is 40.5 Å². The molecule has 2 rings (SSSR count). The third-order valence-electron chi connectivity index (χ3n) is 3.11. The zero-order valence-corrected chi connectivity index (χ0v) is 12.9. The summed E-state index contributed by atoms with van der Waals surface area (Å²) in [5.41, 5.74) is 4.34. The van der Waals surface area contributed by atoms with Gasteiger partial charge in [-0.05, 0) is 67.1 Å². The normalized spacial score (nSPS) is 10.1. The zero-order valence-electron chi connectivity index (χ0n) is 12.9. The highest BCUT2D eigenvalue weighted by Gasteiger charge is 2.01. The van der Waals surface area contributed by atoms with Crippen molar-refractivity contribution in [2.24, 2.45) is 0 Å². The summed E-state index contributed by atoms with van der Waals surface area (Å²) < 4.78 is 0. The molecular formula is C18H24O2. The van der Waals surface area contributed by atoms with Gasteiger partial charge in [0.2, 0.25) is 0 Å². The van der Waals surface area contributed by atoms with Gasteiger partial charge >= 0.3 is 0 Å². The maximum Gasteiger partial charge on any atom is 0.118 e. The van der Waals surface area contributed by atoms with Crippen LogP contribution in [0.1, 0.15) is 42.0 Å². The van der Waals surface area contributed by atoms with Crippen LogP contribution in [0.3, 0.4) is 0 Å². The fraction of sp³-hybridized carbons (Fsp3) is 0.333. The van der Waals surface area contributed by atoms with E-state index in [9.17, 15) is 5.11 Å². The van der Waals surface area contributed by atoms with Gasteiger partial charge in [-0.15, -0.1) is 0 Å². The van der Waals surface area contributed by atoms with Gasteiger partial charge in [-0.2, -0.15) is 0 Å². The van der Waals surface area contributed by atoms with Crippen molar-refractivity contribution in [2.75, 3.05) is 0 Å². The van der Waals surface area contributed by atoms with Crippen LogP contribution in [0.15, 0.2) is 36.4 Å². The Morgan fingerprint density at radius 3 is 1.75 bits per heavy atom. The van der Waals surface area contributed by atoms with Gasteiger partial charge in [-0.1, -0.05) is 32.0 Å². The van der Waals surface area contributed by atoms with Crippen molar-refractivity contribution in [3.63, 3.8) is 0 Å². The molecule has 108 valence electrons. The molecule has 0 radical (unpaired) electrons. The Morgan fingerprint density at radius 1 is 0.800 bits per heavy atom. The smallest absolute Gasteiger partial charge is 0.118 e. The van der Waals surface area contributed by atoms with E-state index >= 15 is 0 Å². The van der Waals surface area contributed by atoms with Crippen molar-refractivity contribution < 1.29 is 10.2 Å². The molecule has 2 aromatic rings. The molecular weight excluding hydrogens is 248 g/mol. The number of hydrogen-bond acceptors (Lipinski definition) is 2. The SMILES string of the molecule is Cc1cc(C)cc(O)c1.Cc1ccc(C(C)C)cc1O. The first-order valence-electron chi connectivity index (χ1n) is 6.86. The maximum absolute atomic E-state index is 9.35. The fourth-order valence-corrected chi connectivity index (χ4v) is 1.94. The minimum Gasteiger partial charge on any atom is -0.508 e. The number of aryl methyl sites for hydroxylation is 3. The van der Waals surface area contributed by atoms with Crippen LogP contribution < -0.4 is 0 Å². The van der Waals surface area contributed by atoms with Crippen LogP contribution >= 0.6 is 0 Å². The second-order valence-corrected chi connectivity index (χ2v) is 5.55. The molecule has 2 nitrogen and oxygen atoms in total. The van der Waals surface area contributed by atoms with E-state index in [1.807, 2.05) is 39.0 Å². The fourth-order valence-electron chi connectivity index (χ4n) is 1.94. The van der Waals surface area contributed by atoms with E-state index in [2.05, 4.69) is 19.9 Å². The van der Waals surface area contributed by atoms with E-state index in [1.165, 1.54) is 5.56 Å². The number of phenols is 2. The van der Waals surface area contributed by atoms with Crippen LogP contribution in [0.4, 0.5) is 0 Å². The highest BCUT2D eigenvalue weighted by Crippen LogP contribution is 2.22. The lowest BCUT2D eigenvalue weighted by Crippen LogP contribution is -1.86. The van der Waals surface area contributed by atoms with Gasteiger partial charge in [-0.25, -0.2) is 0 Å². The summed E-state index contributed by atoms with van der Waals surface area (Å²) in [6.45, 7) is 10.1. The first-order valence-corrected chi connectivity index (χ1v) is 6.86. The standard InChI is InChI=1S/C10H14O.C8H10O/c1-7(2)9-5-4-8(3)10(11)6-9;1-6-3-7(2)5-8(9)4-6/h4-7,11H,1-3H3;3-5,9H,1-2H3. The molecule has 0 saturated heterocycles. The van der Waals surface area contributed by atoms with E-state index in [-0.39, 0.29) is 0 Å². The molecule has 2 aromatic carbocycles. The van der Waals surface area contributed by atoms with Crippen LogP contribution in [-0.2, 0) is 0 Å². The Morgan fingerprint density at radius 2 is 1.35 bits per heavy atom. The average Bonchev–Trinajstić information content (AvgIpc) is 2.31. The molecule has 0 spiro atoms. The molecule has 0 atom stereocenters. The van der Waals surface area contributed by atoms with Gasteiger partial charge in [0.15, 0.2) is 0 Å². The molecule has 0 aliphatic rings. The zero-order chi connectivity index (χ0) is 15.3. The third-order valence-corrected chi connectivity index (χ3v) is 3.11. The summed E-state index contributed by atoms with van der Waals surface area (Å²) in [4.78, 5) is 0. The lowest BCUT2D eigenvalue weighted by molar-refractivity contribution is 0.470. The molecule has 0 aromatic heterocycles. The summed E-state index contributed by atoms with van der Waals surface area (Å²) >= 11 is 0. The lowest BCUT2D eigenvalue weighted by atomic mass is 10.0. The van der Waals surface area contributed by atoms with Crippen molar-refractivity contribution in [1.29, 1.82) is 0 Å². The van der Waals surface area contributed by atoms with Gasteiger partial charge in [0.1, 0.15) is 11.5 Å². The molecule has 0 aliphatic heterocycles. The Bertz CT molecular complexity index is 521. The summed E-state index contributed by atoms with van der Waals surface area (Å²) in [7, 11) is 0. The minimum atomic E-state index is 0.354. The highest BCUT2D eigenvalue weighted by atomic mass is 16.3. The van der Waals surface area contributed by atoms with Crippen molar-refractivity contribution in [3.05, 3.63) is 58.7 Å². The molecule has 0 heterocycles. The molecule has 2 N–H and O–H groups in total. The van der Waals surface area contributed by atoms with E-state index in [0.29, 0.717) is 17.4 Å². The van der Waals surface area contributed by atoms with Crippen molar-refractivity contribution in [3.8, 4) is 11.5 Å². The lowest BCUT2D eigenvalue weighted by Gasteiger charge is -2.06. The second-order valence-electron chi connectivity index (χ2n) is 5.55. The molecule has 2 heteroatoms. The van der Waals surface area contributed by atoms with Crippen LogP contribution in [0.5, 0.6) is 11.5 Å². The van der Waals surface area contributed by atoms with Gasteiger partial charge in [0, 0.05) is 0 Å². The molecule has 0 amide bonds. The van der Waals surface area contributed by atoms with Crippen molar-refractivity contribution in [2.45, 2.75) is 40.5 Å². The molecule has 0 unspecified atom stereocenters. The number of hydrogen-bond donors (Lipinski definition) is 2. The minimum absolute atomic E-state index is 0.354. The average molecular weight is 272 g/mol. The Labute approximate surface area is 121 Å². The molecule has 20 heavy (non-hydrogen) atoms. The monoisotopic (exact) mass is 272 g/mol. The van der Waals surface area contributed by atoms with Gasteiger partial charge in [0.05, 0.1) is 0 Å². The predicted molar refractivity (Wildman–Crippen MR) is 84.5 cm³/mol. The van der Waals surface area contributed by atoms with Crippen molar-refractivity contribution in [1.82, 2.24) is 0 Å². The quantitative estimate of drug-likeness (QED) is 0.780. The maximum atomic E-state index is 9.35. The van der Waals surface area contributed by atoms with Crippen molar-refractivity contribution >= 4 is 0 Å². The van der Waals surface area contributed by atoms with E-state index < -0.39 is 0 Å². The van der Waals surface area contributed by atoms with Gasteiger partial charge in [-0.3, -0.25) is 0 Å². The van der Waals surface area contributed by atoms with Crippen LogP contribution in [0.2, 0.25) is 0 Å². The second kappa shape index (κ2) is 6.99. The molecule has 0 aliphatic carbocycles. The first kappa shape index (κ1) is 16.1. The number of phenolic OH excluding ortho intramolecular Hbond substituents is 2. The molecule has 0 fully saturated rings. The van der Waals surface area contributed by atoms with Crippen LogP contribution in [0, 0.1) is 20.8 Å². The number of aromatic hydroxyl groups is 2. The largest absolute Gasteiger partial charge is 0.508 e. The molecule has 0 saturated carbocycles. The Hall–Kier alpha value is -1.96. The summed E-state index contributed by atoms with van der Waals surface area (Å²) in [6.07, 6.45) is 0. The Kier molecular flexibility index (Phi) is 5.63. The van der Waals surface area contributed by atoms with Gasteiger partial charge < -0.3 is 10.2 Å².